The number of hydrogen-bond acceptors (Lipinski definition) is 4. The maximum Gasteiger partial charge on any atom is 0.211 e. The smallest absolute Gasteiger partial charge is 0.211 e. The Bertz CT molecular complexity index is 431. The number of thiophene rings is 1. The third kappa shape index (κ3) is 1.58. The average molecular weight is 208 g/mol. The Morgan fingerprint density at radius 2 is 2.36 bits per heavy atom. The van der Waals surface area contributed by atoms with Crippen LogP contribution in [-0.2, 0) is 0 Å². The molecule has 4 heteroatoms. The summed E-state index contributed by atoms with van der Waals surface area (Å²) in [6.45, 7) is 3.91. The molecule has 0 aromatic carbocycles. The van der Waals surface area contributed by atoms with Gasteiger partial charge in [0.1, 0.15) is 0 Å². The van der Waals surface area contributed by atoms with E-state index in [9.17, 15) is 0 Å². The summed E-state index contributed by atoms with van der Waals surface area (Å²) in [6.07, 6.45) is 1.73. The highest BCUT2D eigenvalue weighted by Gasteiger charge is 2.11. The predicted octanol–water partition coefficient (Wildman–Crippen LogP) is 2.73. The van der Waals surface area contributed by atoms with Crippen LogP contribution in [0.4, 0.5) is 0 Å². The molecule has 1 atom stereocenters. The molecule has 0 fully saturated rings. The third-order valence-electron chi connectivity index (χ3n) is 2.00. The van der Waals surface area contributed by atoms with Crippen molar-refractivity contribution in [3.8, 4) is 10.6 Å². The second-order valence-corrected chi connectivity index (χ2v) is 4.20. The van der Waals surface area contributed by atoms with Gasteiger partial charge in [-0.1, -0.05) is 0 Å². The van der Waals surface area contributed by atoms with Crippen LogP contribution in [0.3, 0.4) is 0 Å². The number of hydrogen-bond donors (Lipinski definition) is 1. The molecule has 2 N–H and O–H groups in total. The van der Waals surface area contributed by atoms with Crippen LogP contribution in [0, 0.1) is 6.92 Å². The van der Waals surface area contributed by atoms with Crippen LogP contribution < -0.4 is 5.73 Å². The number of nitrogens with two attached hydrogens (primary N) is 1. The maximum absolute atomic E-state index is 5.67. The molecule has 0 radical (unpaired) electrons. The molecule has 74 valence electrons. The van der Waals surface area contributed by atoms with Crippen molar-refractivity contribution in [2.24, 2.45) is 5.73 Å². The summed E-state index contributed by atoms with van der Waals surface area (Å²) in [5.74, 6) is 1.40. The van der Waals surface area contributed by atoms with E-state index in [-0.39, 0.29) is 6.04 Å². The second kappa shape index (κ2) is 3.55. The van der Waals surface area contributed by atoms with E-state index >= 15 is 0 Å². The fourth-order valence-electron chi connectivity index (χ4n) is 1.23. The fourth-order valence-corrected chi connectivity index (χ4v) is 2.10. The van der Waals surface area contributed by atoms with Crippen molar-refractivity contribution >= 4 is 11.3 Å². The van der Waals surface area contributed by atoms with E-state index in [2.05, 4.69) is 18.0 Å². The fraction of sp³-hybridized carbons (Fsp3) is 0.300. The van der Waals surface area contributed by atoms with Crippen molar-refractivity contribution in [3.05, 3.63) is 29.1 Å². The van der Waals surface area contributed by atoms with E-state index in [4.69, 9.17) is 10.2 Å². The highest BCUT2D eigenvalue weighted by atomic mass is 32.1. The molecule has 3 nitrogen and oxygen atoms in total. The van der Waals surface area contributed by atoms with Gasteiger partial charge < -0.3 is 10.2 Å². The van der Waals surface area contributed by atoms with Crippen LogP contribution in [0.1, 0.15) is 24.4 Å². The van der Waals surface area contributed by atoms with Gasteiger partial charge in [-0.05, 0) is 30.9 Å². The van der Waals surface area contributed by atoms with Gasteiger partial charge in [0.25, 0.3) is 0 Å². The molecule has 14 heavy (non-hydrogen) atoms. The van der Waals surface area contributed by atoms with Gasteiger partial charge >= 0.3 is 0 Å². The molecule has 1 unspecified atom stereocenters. The van der Waals surface area contributed by atoms with Gasteiger partial charge in [0.2, 0.25) is 5.89 Å². The zero-order valence-electron chi connectivity index (χ0n) is 8.15. The van der Waals surface area contributed by atoms with Crippen molar-refractivity contribution in [2.75, 3.05) is 0 Å². The van der Waals surface area contributed by atoms with E-state index in [1.807, 2.05) is 12.3 Å². The minimum atomic E-state index is -0.149. The number of oxazole rings is 1. The summed E-state index contributed by atoms with van der Waals surface area (Å²) < 4.78 is 5.54. The van der Waals surface area contributed by atoms with Crippen LogP contribution >= 0.6 is 11.3 Å². The van der Waals surface area contributed by atoms with Gasteiger partial charge in [0.05, 0.1) is 17.1 Å². The highest BCUT2D eigenvalue weighted by molar-refractivity contribution is 7.13. The lowest BCUT2D eigenvalue weighted by molar-refractivity contribution is 0.474. The van der Waals surface area contributed by atoms with Gasteiger partial charge in [0, 0.05) is 0 Å². The molecule has 0 saturated heterocycles. The van der Waals surface area contributed by atoms with Crippen LogP contribution in [0.15, 0.2) is 22.1 Å². The predicted molar refractivity (Wildman–Crippen MR) is 57.2 cm³/mol. The van der Waals surface area contributed by atoms with Crippen LogP contribution in [-0.4, -0.2) is 4.98 Å². The molecular formula is C10H12N2OS. The lowest BCUT2D eigenvalue weighted by atomic mass is 10.2. The minimum absolute atomic E-state index is 0.149. The monoisotopic (exact) mass is 208 g/mol. The molecule has 2 heterocycles. The Morgan fingerprint density at radius 1 is 1.57 bits per heavy atom. The topological polar surface area (TPSA) is 52.0 Å². The molecule has 0 bridgehead atoms. The Hall–Kier alpha value is -1.13. The van der Waals surface area contributed by atoms with E-state index < -0.39 is 0 Å². The lowest BCUT2D eigenvalue weighted by Crippen LogP contribution is -2.04. The summed E-state index contributed by atoms with van der Waals surface area (Å²) in [7, 11) is 0. The highest BCUT2D eigenvalue weighted by Crippen LogP contribution is 2.30. The van der Waals surface area contributed by atoms with Crippen molar-refractivity contribution in [1.29, 1.82) is 0 Å². The normalized spacial score (nSPS) is 13.1. The first-order valence-corrected chi connectivity index (χ1v) is 5.32. The summed E-state index contributed by atoms with van der Waals surface area (Å²) in [5, 5.41) is 2.04. The van der Waals surface area contributed by atoms with Crippen molar-refractivity contribution in [2.45, 2.75) is 19.9 Å². The molecule has 2 rings (SSSR count). The molecule has 0 aliphatic heterocycles. The Kier molecular flexibility index (Phi) is 2.39. The molecule has 0 aliphatic rings. The van der Waals surface area contributed by atoms with E-state index in [1.54, 1.807) is 17.5 Å². The minimum Gasteiger partial charge on any atom is -0.438 e. The zero-order chi connectivity index (χ0) is 10.1. The number of nitrogens with zero attached hydrogens (tertiary/aromatic N) is 1. The molecule has 0 spiro atoms. The molecule has 2 aromatic rings. The SMILES string of the molecule is Cc1ccsc1-c1cnc(C(C)N)o1. The summed E-state index contributed by atoms with van der Waals surface area (Å²) in [4.78, 5) is 5.26. The Labute approximate surface area is 86.6 Å². The second-order valence-electron chi connectivity index (χ2n) is 3.28. The summed E-state index contributed by atoms with van der Waals surface area (Å²) in [5.41, 5.74) is 6.88. The van der Waals surface area contributed by atoms with Gasteiger partial charge in [-0.15, -0.1) is 11.3 Å². The average Bonchev–Trinajstić information content (AvgIpc) is 2.71. The van der Waals surface area contributed by atoms with Crippen molar-refractivity contribution < 1.29 is 4.42 Å². The van der Waals surface area contributed by atoms with Gasteiger partial charge in [-0.2, -0.15) is 0 Å². The zero-order valence-corrected chi connectivity index (χ0v) is 8.97. The van der Waals surface area contributed by atoms with E-state index in [0.29, 0.717) is 5.89 Å². The standard InChI is InChI=1S/C10H12N2OS/c1-6-3-4-14-9(6)8-5-12-10(13-8)7(2)11/h3-5,7H,11H2,1-2H3. The number of aryl methyl sites for hydroxylation is 1. The summed E-state index contributed by atoms with van der Waals surface area (Å²) in [6, 6.07) is 1.91. The van der Waals surface area contributed by atoms with Gasteiger partial charge in [-0.25, -0.2) is 4.98 Å². The van der Waals surface area contributed by atoms with E-state index in [1.165, 1.54) is 5.56 Å². The largest absolute Gasteiger partial charge is 0.438 e. The number of rotatable bonds is 2. The van der Waals surface area contributed by atoms with Crippen LogP contribution in [0.2, 0.25) is 0 Å². The van der Waals surface area contributed by atoms with Crippen molar-refractivity contribution in [1.82, 2.24) is 4.98 Å². The van der Waals surface area contributed by atoms with Crippen LogP contribution in [0.25, 0.3) is 10.6 Å². The summed E-state index contributed by atoms with van der Waals surface area (Å²) >= 11 is 1.65. The maximum atomic E-state index is 5.67. The van der Waals surface area contributed by atoms with E-state index in [0.717, 1.165) is 10.6 Å². The van der Waals surface area contributed by atoms with Crippen LogP contribution in [0.5, 0.6) is 0 Å². The lowest BCUT2D eigenvalue weighted by Gasteiger charge is -1.97. The number of aromatic nitrogens is 1. The Morgan fingerprint density at radius 3 is 2.86 bits per heavy atom. The molecule has 0 aliphatic carbocycles. The van der Waals surface area contributed by atoms with Crippen molar-refractivity contribution in [3.63, 3.8) is 0 Å². The quantitative estimate of drug-likeness (QED) is 0.825. The third-order valence-corrected chi connectivity index (χ3v) is 3.03. The molecule has 0 saturated carbocycles. The first-order valence-electron chi connectivity index (χ1n) is 4.44. The molecule has 2 aromatic heterocycles. The first-order chi connectivity index (χ1) is 6.68. The first kappa shape index (κ1) is 9.43. The van der Waals surface area contributed by atoms with Gasteiger partial charge in [-0.3, -0.25) is 0 Å². The molecule has 0 amide bonds. The van der Waals surface area contributed by atoms with Gasteiger partial charge in [0.15, 0.2) is 5.76 Å². The molecular weight excluding hydrogens is 196 g/mol. The Balaban J connectivity index is 2.39.